The molecular weight excluding hydrogens is 553 g/mol. The summed E-state index contributed by atoms with van der Waals surface area (Å²) in [6.45, 7) is 4.09. The third-order valence-electron chi connectivity index (χ3n) is 6.55. The van der Waals surface area contributed by atoms with Crippen molar-refractivity contribution in [1.29, 1.82) is 0 Å². The zero-order chi connectivity index (χ0) is 29.3. The van der Waals surface area contributed by atoms with Crippen LogP contribution in [0.2, 0.25) is 5.02 Å². The second-order valence-electron chi connectivity index (χ2n) is 9.57. The molecule has 2 amide bonds. The predicted octanol–water partition coefficient (Wildman–Crippen LogP) is 5.11. The number of amides is 2. The van der Waals surface area contributed by atoms with E-state index in [0.717, 1.165) is 11.8 Å². The number of nitrogens with zero attached hydrogens (tertiary/aromatic N) is 2. The first kappa shape index (κ1) is 31.1. The highest BCUT2D eigenvalue weighted by Gasteiger charge is 2.30. The first-order chi connectivity index (χ1) is 19.0. The molecule has 40 heavy (non-hydrogen) atoms. The Morgan fingerprint density at radius 3 is 2.27 bits per heavy atom. The van der Waals surface area contributed by atoms with E-state index < -0.39 is 21.9 Å². The molecule has 0 saturated heterocycles. The number of benzene rings is 3. The highest BCUT2D eigenvalue weighted by molar-refractivity contribution is 7.92. The topological polar surface area (TPSA) is 86.8 Å². The van der Waals surface area contributed by atoms with E-state index in [4.69, 9.17) is 11.6 Å². The van der Waals surface area contributed by atoms with Crippen LogP contribution in [0, 0.1) is 12.7 Å². The molecule has 0 aliphatic rings. The number of likely N-dealkylation sites (N-methyl/N-ethyl adjacent to an activating group) is 1. The van der Waals surface area contributed by atoms with Gasteiger partial charge in [-0.1, -0.05) is 60.1 Å². The Labute approximate surface area is 241 Å². The maximum atomic E-state index is 13.7. The van der Waals surface area contributed by atoms with Gasteiger partial charge >= 0.3 is 0 Å². The van der Waals surface area contributed by atoms with Crippen molar-refractivity contribution >= 4 is 39.1 Å². The van der Waals surface area contributed by atoms with E-state index in [1.807, 2.05) is 30.3 Å². The van der Waals surface area contributed by atoms with Crippen molar-refractivity contribution in [3.8, 4) is 0 Å². The van der Waals surface area contributed by atoms with Crippen LogP contribution in [0.3, 0.4) is 0 Å². The van der Waals surface area contributed by atoms with Crippen molar-refractivity contribution < 1.29 is 22.4 Å². The molecule has 3 aromatic rings. The molecule has 0 aliphatic carbocycles. The van der Waals surface area contributed by atoms with Crippen molar-refractivity contribution in [2.24, 2.45) is 0 Å². The third kappa shape index (κ3) is 8.53. The fraction of sp³-hybridized carbons (Fsp3) is 0.333. The Balaban J connectivity index is 1.87. The summed E-state index contributed by atoms with van der Waals surface area (Å²) >= 11 is 6.23. The molecule has 0 aliphatic heterocycles. The maximum absolute atomic E-state index is 13.7. The molecule has 0 saturated carbocycles. The van der Waals surface area contributed by atoms with Gasteiger partial charge in [-0.25, -0.2) is 12.8 Å². The van der Waals surface area contributed by atoms with Crippen LogP contribution in [0.15, 0.2) is 72.8 Å². The summed E-state index contributed by atoms with van der Waals surface area (Å²) in [5, 5.41) is 3.27. The number of carbonyl (C=O) groups excluding carboxylic acids is 2. The van der Waals surface area contributed by atoms with Crippen LogP contribution in [-0.4, -0.2) is 50.5 Å². The van der Waals surface area contributed by atoms with Crippen LogP contribution in [-0.2, 0) is 32.6 Å². The Bertz CT molecular complexity index is 1400. The van der Waals surface area contributed by atoms with Gasteiger partial charge in [-0.15, -0.1) is 0 Å². The molecule has 1 N–H and O–H groups in total. The van der Waals surface area contributed by atoms with Gasteiger partial charge in [0.2, 0.25) is 21.8 Å². The van der Waals surface area contributed by atoms with Crippen LogP contribution >= 0.6 is 11.6 Å². The minimum absolute atomic E-state index is 0.00246. The molecule has 1 unspecified atom stereocenters. The molecule has 0 heterocycles. The van der Waals surface area contributed by atoms with Crippen molar-refractivity contribution in [3.05, 3.63) is 100 Å². The van der Waals surface area contributed by atoms with E-state index in [9.17, 15) is 22.4 Å². The van der Waals surface area contributed by atoms with E-state index >= 15 is 0 Å². The first-order valence-corrected chi connectivity index (χ1v) is 15.3. The number of rotatable bonds is 13. The third-order valence-corrected chi connectivity index (χ3v) is 8.14. The van der Waals surface area contributed by atoms with Gasteiger partial charge in [0.05, 0.1) is 11.9 Å². The van der Waals surface area contributed by atoms with Gasteiger partial charge in [0.15, 0.2) is 0 Å². The maximum Gasteiger partial charge on any atom is 0.243 e. The first-order valence-electron chi connectivity index (χ1n) is 13.1. The van der Waals surface area contributed by atoms with Gasteiger partial charge < -0.3 is 10.2 Å². The molecule has 0 radical (unpaired) electrons. The number of sulfonamides is 1. The van der Waals surface area contributed by atoms with Crippen molar-refractivity contribution in [2.75, 3.05) is 23.7 Å². The lowest BCUT2D eigenvalue weighted by atomic mass is 10.0. The van der Waals surface area contributed by atoms with Gasteiger partial charge in [-0.05, 0) is 61.2 Å². The monoisotopic (exact) mass is 587 g/mol. The van der Waals surface area contributed by atoms with E-state index in [0.29, 0.717) is 28.4 Å². The lowest BCUT2D eigenvalue weighted by Gasteiger charge is -2.32. The fourth-order valence-electron chi connectivity index (χ4n) is 4.48. The molecule has 1 atom stereocenters. The molecule has 3 rings (SSSR count). The molecule has 0 fully saturated rings. The molecule has 0 bridgehead atoms. The minimum Gasteiger partial charge on any atom is -0.355 e. The molecule has 7 nitrogen and oxygen atoms in total. The van der Waals surface area contributed by atoms with E-state index in [1.165, 1.54) is 21.3 Å². The number of hydrogen-bond donors (Lipinski definition) is 1. The van der Waals surface area contributed by atoms with Crippen molar-refractivity contribution in [3.63, 3.8) is 0 Å². The Morgan fingerprint density at radius 2 is 1.65 bits per heavy atom. The molecule has 0 aromatic heterocycles. The van der Waals surface area contributed by atoms with Gasteiger partial charge in [-0.3, -0.25) is 13.9 Å². The van der Waals surface area contributed by atoms with E-state index in [1.54, 1.807) is 44.2 Å². The number of hydrogen-bond acceptors (Lipinski definition) is 4. The predicted molar refractivity (Wildman–Crippen MR) is 157 cm³/mol. The lowest BCUT2D eigenvalue weighted by molar-refractivity contribution is -0.141. The van der Waals surface area contributed by atoms with Crippen LogP contribution in [0.5, 0.6) is 0 Å². The Kier molecular flexibility index (Phi) is 11.1. The number of anilines is 1. The largest absolute Gasteiger partial charge is 0.355 e. The molecule has 0 spiro atoms. The lowest BCUT2D eigenvalue weighted by Crippen LogP contribution is -2.50. The van der Waals surface area contributed by atoms with Gasteiger partial charge in [0, 0.05) is 37.5 Å². The molecule has 214 valence electrons. The minimum atomic E-state index is -3.66. The summed E-state index contributed by atoms with van der Waals surface area (Å²) in [6, 6.07) is 19.4. The van der Waals surface area contributed by atoms with Crippen LogP contribution in [0.25, 0.3) is 0 Å². The Morgan fingerprint density at radius 1 is 0.975 bits per heavy atom. The number of carbonyl (C=O) groups is 2. The molecule has 3 aromatic carbocycles. The zero-order valence-electron chi connectivity index (χ0n) is 22.9. The summed E-state index contributed by atoms with van der Waals surface area (Å²) in [6.07, 6.45) is 1.61. The normalized spacial score (nSPS) is 12.0. The average molecular weight is 588 g/mol. The van der Waals surface area contributed by atoms with Crippen molar-refractivity contribution in [1.82, 2.24) is 10.2 Å². The number of nitrogens with one attached hydrogen (secondary N) is 1. The van der Waals surface area contributed by atoms with Crippen LogP contribution < -0.4 is 9.62 Å². The highest BCUT2D eigenvalue weighted by Crippen LogP contribution is 2.28. The van der Waals surface area contributed by atoms with E-state index in [2.05, 4.69) is 5.32 Å². The van der Waals surface area contributed by atoms with Crippen LogP contribution in [0.1, 0.15) is 36.5 Å². The smallest absolute Gasteiger partial charge is 0.243 e. The summed E-state index contributed by atoms with van der Waals surface area (Å²) in [5.74, 6) is -1.01. The summed E-state index contributed by atoms with van der Waals surface area (Å²) < 4.78 is 40.1. The standard InChI is InChI=1S/C30H35ClFN3O4S/c1-4-33-30(37)28(20-23-10-6-5-7-11-23)34(21-24-15-17-25(32)18-16-24)29(36)14-9-19-35(40(3,38)39)27-13-8-12-26(31)22(27)2/h5-8,10-13,15-18,28H,4,9,14,19-21H2,1-3H3,(H,33,37). The van der Waals surface area contributed by atoms with Crippen LogP contribution in [0.4, 0.5) is 10.1 Å². The van der Waals surface area contributed by atoms with E-state index in [-0.39, 0.29) is 44.2 Å². The second-order valence-corrected chi connectivity index (χ2v) is 11.9. The van der Waals surface area contributed by atoms with Gasteiger partial charge in [0.1, 0.15) is 11.9 Å². The average Bonchev–Trinajstić information content (AvgIpc) is 2.91. The van der Waals surface area contributed by atoms with Gasteiger partial charge in [0.25, 0.3) is 0 Å². The SMILES string of the molecule is CCNC(=O)C(Cc1ccccc1)N(Cc1ccc(F)cc1)C(=O)CCCN(c1cccc(Cl)c1C)S(C)(=O)=O. The zero-order valence-corrected chi connectivity index (χ0v) is 24.5. The highest BCUT2D eigenvalue weighted by atomic mass is 35.5. The Hall–Kier alpha value is -3.43. The quantitative estimate of drug-likeness (QED) is 0.301. The fourth-order valence-corrected chi connectivity index (χ4v) is 5.67. The molecule has 10 heteroatoms. The second kappa shape index (κ2) is 14.3. The molecular formula is C30H35ClFN3O4S. The van der Waals surface area contributed by atoms with Gasteiger partial charge in [-0.2, -0.15) is 0 Å². The summed E-state index contributed by atoms with van der Waals surface area (Å²) in [4.78, 5) is 28.5. The van der Waals surface area contributed by atoms with Crippen molar-refractivity contribution in [2.45, 2.75) is 45.7 Å². The summed E-state index contributed by atoms with van der Waals surface area (Å²) in [7, 11) is -3.66. The summed E-state index contributed by atoms with van der Waals surface area (Å²) in [5.41, 5.74) is 2.63. The number of halogens is 2.